The summed E-state index contributed by atoms with van der Waals surface area (Å²) in [7, 11) is 0. The fraction of sp³-hybridized carbons (Fsp3) is 0.0930. The third-order valence-corrected chi connectivity index (χ3v) is 7.66. The van der Waals surface area contributed by atoms with Gasteiger partial charge in [0.05, 0.1) is 0 Å². The van der Waals surface area contributed by atoms with E-state index >= 15 is 0 Å². The van der Waals surface area contributed by atoms with Crippen LogP contribution in [-0.4, -0.2) is 10.9 Å². The number of aromatic hydroxyl groups is 1. The van der Waals surface area contributed by atoms with Crippen LogP contribution in [0.15, 0.2) is 158 Å². The van der Waals surface area contributed by atoms with Crippen molar-refractivity contribution in [2.24, 2.45) is 0 Å². The van der Waals surface area contributed by atoms with Crippen molar-refractivity contribution in [3.05, 3.63) is 191 Å². The predicted octanol–water partition coefficient (Wildman–Crippen LogP) is 9.60. The lowest BCUT2D eigenvalue weighted by Crippen LogP contribution is -2.04. The molecule has 0 fully saturated rings. The van der Waals surface area contributed by atoms with Crippen molar-refractivity contribution < 1.29 is 28.8 Å². The Hall–Kier alpha value is -6.27. The molecule has 0 spiro atoms. The van der Waals surface area contributed by atoms with Gasteiger partial charge in [0.25, 0.3) is 0 Å². The number of ether oxygens (including phenoxy) is 4. The quantitative estimate of drug-likeness (QED) is 0.0883. The highest BCUT2D eigenvalue weighted by Gasteiger charge is 2.19. The Morgan fingerprint density at radius 2 is 0.939 bits per heavy atom. The molecule has 0 amide bonds. The van der Waals surface area contributed by atoms with E-state index in [1.807, 2.05) is 140 Å². The van der Waals surface area contributed by atoms with Crippen molar-refractivity contribution in [2.45, 2.75) is 26.4 Å². The zero-order valence-electron chi connectivity index (χ0n) is 26.9. The van der Waals surface area contributed by atoms with E-state index in [0.29, 0.717) is 37.1 Å². The van der Waals surface area contributed by atoms with Crippen molar-refractivity contribution in [2.75, 3.05) is 0 Å². The number of allylic oxidation sites excluding steroid dienone is 1. The van der Waals surface area contributed by atoms with Gasteiger partial charge >= 0.3 is 0 Å². The number of rotatable bonds is 15. The van der Waals surface area contributed by atoms with E-state index in [9.17, 15) is 9.90 Å². The number of carbonyl (C=O) groups is 1. The second-order valence-electron chi connectivity index (χ2n) is 11.3. The molecule has 6 nitrogen and oxygen atoms in total. The third-order valence-electron chi connectivity index (χ3n) is 7.66. The van der Waals surface area contributed by atoms with E-state index in [2.05, 4.69) is 0 Å². The summed E-state index contributed by atoms with van der Waals surface area (Å²) in [6.07, 6.45) is 3.09. The molecule has 0 saturated carbocycles. The first-order chi connectivity index (χ1) is 24.1. The van der Waals surface area contributed by atoms with E-state index in [1.165, 1.54) is 12.1 Å². The Bertz CT molecular complexity index is 1970. The molecule has 0 atom stereocenters. The molecule has 49 heavy (non-hydrogen) atoms. The van der Waals surface area contributed by atoms with Gasteiger partial charge in [0.1, 0.15) is 49.2 Å². The third kappa shape index (κ3) is 9.40. The van der Waals surface area contributed by atoms with Crippen molar-refractivity contribution in [3.8, 4) is 28.7 Å². The molecule has 6 aromatic carbocycles. The molecule has 6 rings (SSSR count). The Kier molecular flexibility index (Phi) is 11.0. The van der Waals surface area contributed by atoms with Crippen LogP contribution in [0, 0.1) is 0 Å². The van der Waals surface area contributed by atoms with Gasteiger partial charge in [-0.1, -0.05) is 133 Å². The molecule has 0 unspecified atom stereocenters. The normalized spacial score (nSPS) is 10.9. The second-order valence-corrected chi connectivity index (χ2v) is 11.3. The minimum Gasteiger partial charge on any atom is -0.507 e. The summed E-state index contributed by atoms with van der Waals surface area (Å²) in [5, 5.41) is 11.1. The highest BCUT2D eigenvalue weighted by molar-refractivity contribution is 6.10. The number of hydrogen-bond donors (Lipinski definition) is 1. The maximum atomic E-state index is 13.7. The molecular weight excluding hydrogens is 612 g/mol. The molecular formula is C43H36O6. The van der Waals surface area contributed by atoms with Crippen molar-refractivity contribution in [1.29, 1.82) is 0 Å². The highest BCUT2D eigenvalue weighted by Crippen LogP contribution is 2.36. The number of phenols is 1. The van der Waals surface area contributed by atoms with E-state index in [1.54, 1.807) is 12.1 Å². The average Bonchev–Trinajstić information content (AvgIpc) is 3.15. The fourth-order valence-corrected chi connectivity index (χ4v) is 5.08. The van der Waals surface area contributed by atoms with Crippen LogP contribution in [0.2, 0.25) is 0 Å². The molecule has 0 saturated heterocycles. The first-order valence-corrected chi connectivity index (χ1v) is 16.0. The Morgan fingerprint density at radius 3 is 1.45 bits per heavy atom. The molecule has 244 valence electrons. The second kappa shape index (κ2) is 16.5. The van der Waals surface area contributed by atoms with Gasteiger partial charge in [-0.25, -0.2) is 0 Å². The van der Waals surface area contributed by atoms with E-state index < -0.39 is 5.78 Å². The molecule has 0 aliphatic heterocycles. The smallest absolute Gasteiger partial charge is 0.193 e. The van der Waals surface area contributed by atoms with Gasteiger partial charge < -0.3 is 24.1 Å². The van der Waals surface area contributed by atoms with E-state index in [-0.39, 0.29) is 23.7 Å². The largest absolute Gasteiger partial charge is 0.507 e. The van der Waals surface area contributed by atoms with Gasteiger partial charge in [-0.15, -0.1) is 0 Å². The minimum atomic E-state index is -0.425. The monoisotopic (exact) mass is 648 g/mol. The van der Waals surface area contributed by atoms with Crippen LogP contribution in [0.4, 0.5) is 0 Å². The maximum Gasteiger partial charge on any atom is 0.193 e. The van der Waals surface area contributed by atoms with Crippen LogP contribution in [-0.2, 0) is 26.4 Å². The summed E-state index contributed by atoms with van der Waals surface area (Å²) in [4.78, 5) is 13.7. The van der Waals surface area contributed by atoms with Crippen molar-refractivity contribution >= 4 is 11.9 Å². The summed E-state index contributed by atoms with van der Waals surface area (Å²) in [5.74, 6) is 1.08. The summed E-state index contributed by atoms with van der Waals surface area (Å²) in [5.41, 5.74) is 4.71. The lowest BCUT2D eigenvalue weighted by Gasteiger charge is -2.15. The molecule has 0 heterocycles. The molecule has 0 radical (unpaired) electrons. The topological polar surface area (TPSA) is 74.2 Å². The molecule has 0 aliphatic carbocycles. The van der Waals surface area contributed by atoms with Gasteiger partial charge in [0, 0.05) is 12.1 Å². The lowest BCUT2D eigenvalue weighted by molar-refractivity contribution is 0.104. The predicted molar refractivity (Wildman–Crippen MR) is 191 cm³/mol. The Balaban J connectivity index is 1.23. The molecule has 1 N–H and O–H groups in total. The zero-order valence-corrected chi connectivity index (χ0v) is 26.9. The van der Waals surface area contributed by atoms with Crippen LogP contribution < -0.4 is 18.9 Å². The van der Waals surface area contributed by atoms with Gasteiger partial charge in [-0.2, -0.15) is 0 Å². The summed E-state index contributed by atoms with van der Waals surface area (Å²) < 4.78 is 24.4. The van der Waals surface area contributed by atoms with Crippen LogP contribution >= 0.6 is 0 Å². The Morgan fingerprint density at radius 1 is 0.490 bits per heavy atom. The van der Waals surface area contributed by atoms with Gasteiger partial charge in [-0.05, 0) is 46.0 Å². The van der Waals surface area contributed by atoms with Gasteiger partial charge in [0.15, 0.2) is 17.3 Å². The molecule has 0 bridgehead atoms. The summed E-state index contributed by atoms with van der Waals surface area (Å²) in [6, 6.07) is 47.7. The lowest BCUT2D eigenvalue weighted by atomic mass is 10.1. The first kappa shape index (κ1) is 32.7. The highest BCUT2D eigenvalue weighted by atomic mass is 16.5. The average molecular weight is 649 g/mol. The van der Waals surface area contributed by atoms with Crippen LogP contribution in [0.5, 0.6) is 28.7 Å². The summed E-state index contributed by atoms with van der Waals surface area (Å²) >= 11 is 0. The standard InChI is InChI=1S/C43H36O6/c44-38(43-39(45)26-37(46-28-33-13-5-1-6-14-33)27-42(43)49-31-36-19-11-4-12-20-36)23-21-32-22-24-40(47-29-34-15-7-2-8-16-34)41(25-32)48-30-35-17-9-3-10-18-35/h1-27,45H,28-31H2. The number of ketones is 1. The first-order valence-electron chi connectivity index (χ1n) is 16.0. The number of hydrogen-bond acceptors (Lipinski definition) is 6. The van der Waals surface area contributed by atoms with Crippen LogP contribution in [0.3, 0.4) is 0 Å². The number of benzene rings is 6. The maximum absolute atomic E-state index is 13.7. The van der Waals surface area contributed by atoms with E-state index in [0.717, 1.165) is 27.8 Å². The van der Waals surface area contributed by atoms with Gasteiger partial charge in [0.2, 0.25) is 0 Å². The number of phenolic OH excluding ortho intramolecular Hbond substituents is 1. The Labute approximate surface area is 286 Å². The molecule has 6 heteroatoms. The summed E-state index contributed by atoms with van der Waals surface area (Å²) in [6.45, 7) is 1.24. The van der Waals surface area contributed by atoms with Crippen LogP contribution in [0.1, 0.15) is 38.2 Å². The van der Waals surface area contributed by atoms with Crippen molar-refractivity contribution in [1.82, 2.24) is 0 Å². The number of carbonyl (C=O) groups excluding carboxylic acids is 1. The minimum absolute atomic E-state index is 0.0441. The van der Waals surface area contributed by atoms with E-state index in [4.69, 9.17) is 18.9 Å². The zero-order chi connectivity index (χ0) is 33.7. The SMILES string of the molecule is O=C(C=Cc1ccc(OCc2ccccc2)c(OCc2ccccc2)c1)c1c(O)cc(OCc2ccccc2)cc1OCc1ccccc1. The van der Waals surface area contributed by atoms with Gasteiger partial charge in [-0.3, -0.25) is 4.79 Å². The molecule has 6 aromatic rings. The molecule has 0 aliphatic rings. The molecule has 0 aromatic heterocycles. The van der Waals surface area contributed by atoms with Crippen LogP contribution in [0.25, 0.3) is 6.08 Å². The fourth-order valence-electron chi connectivity index (χ4n) is 5.08. The van der Waals surface area contributed by atoms with Crippen molar-refractivity contribution in [3.63, 3.8) is 0 Å².